The fourth-order valence-corrected chi connectivity index (χ4v) is 1.86. The van der Waals surface area contributed by atoms with E-state index in [0.29, 0.717) is 17.4 Å². The standard InChI is InChI=1S/C11H11N3O2S/c1-2-14-10(16)8(13-11(14)17)5-7-3-4-9(15)12-6-7/h3-6H,2H2,1H3,(H,12,15)(H,13,17)/b8-5+. The number of carbonyl (C=O) groups is 1. The molecule has 0 radical (unpaired) electrons. The van der Waals surface area contributed by atoms with Crippen LogP contribution in [0.1, 0.15) is 12.5 Å². The van der Waals surface area contributed by atoms with Crippen molar-refractivity contribution in [3.05, 3.63) is 39.9 Å². The summed E-state index contributed by atoms with van der Waals surface area (Å²) in [6.07, 6.45) is 3.20. The van der Waals surface area contributed by atoms with Crippen molar-refractivity contribution in [2.75, 3.05) is 6.54 Å². The summed E-state index contributed by atoms with van der Waals surface area (Å²) in [4.78, 5) is 26.8. The van der Waals surface area contributed by atoms with Gasteiger partial charge in [-0.1, -0.05) is 0 Å². The molecule has 5 nitrogen and oxygen atoms in total. The molecule has 0 saturated carbocycles. The van der Waals surface area contributed by atoms with E-state index in [4.69, 9.17) is 12.2 Å². The number of likely N-dealkylation sites (N-methyl/N-ethyl adjacent to an activating group) is 1. The number of hydrogen-bond acceptors (Lipinski definition) is 3. The highest BCUT2D eigenvalue weighted by Gasteiger charge is 2.28. The van der Waals surface area contributed by atoms with E-state index in [0.717, 1.165) is 5.56 Å². The monoisotopic (exact) mass is 249 g/mol. The lowest BCUT2D eigenvalue weighted by atomic mass is 10.2. The van der Waals surface area contributed by atoms with Crippen molar-refractivity contribution in [1.29, 1.82) is 0 Å². The second kappa shape index (κ2) is 4.50. The van der Waals surface area contributed by atoms with Crippen LogP contribution < -0.4 is 10.9 Å². The number of hydrogen-bond donors (Lipinski definition) is 2. The Balaban J connectivity index is 2.30. The number of H-pyrrole nitrogens is 1. The van der Waals surface area contributed by atoms with Crippen molar-refractivity contribution in [3.8, 4) is 0 Å². The number of carbonyl (C=O) groups excluding carboxylic acids is 1. The molecule has 1 aliphatic heterocycles. The second-order valence-electron chi connectivity index (χ2n) is 3.52. The zero-order chi connectivity index (χ0) is 12.4. The van der Waals surface area contributed by atoms with E-state index in [2.05, 4.69) is 10.3 Å². The molecule has 1 aliphatic rings. The van der Waals surface area contributed by atoms with E-state index in [9.17, 15) is 9.59 Å². The summed E-state index contributed by atoms with van der Waals surface area (Å²) in [6.45, 7) is 2.39. The van der Waals surface area contributed by atoms with Crippen LogP contribution in [0.4, 0.5) is 0 Å². The van der Waals surface area contributed by atoms with Crippen LogP contribution >= 0.6 is 12.2 Å². The van der Waals surface area contributed by atoms with Crippen molar-refractivity contribution in [3.63, 3.8) is 0 Å². The van der Waals surface area contributed by atoms with Gasteiger partial charge in [-0.25, -0.2) is 0 Å². The van der Waals surface area contributed by atoms with Gasteiger partial charge < -0.3 is 10.3 Å². The minimum atomic E-state index is -0.177. The molecule has 1 saturated heterocycles. The van der Waals surface area contributed by atoms with Crippen molar-refractivity contribution in [2.24, 2.45) is 0 Å². The molecule has 0 spiro atoms. The van der Waals surface area contributed by atoms with Gasteiger partial charge in [0.15, 0.2) is 5.11 Å². The highest BCUT2D eigenvalue weighted by atomic mass is 32.1. The predicted octanol–water partition coefficient (Wildman–Crippen LogP) is 0.452. The number of nitrogens with zero attached hydrogens (tertiary/aromatic N) is 1. The van der Waals surface area contributed by atoms with E-state index in [1.165, 1.54) is 11.0 Å². The molecule has 0 aromatic carbocycles. The van der Waals surface area contributed by atoms with Crippen LogP contribution in [-0.4, -0.2) is 27.4 Å². The highest BCUT2D eigenvalue weighted by Crippen LogP contribution is 2.12. The number of aromatic nitrogens is 1. The molecule has 1 amide bonds. The molecular weight excluding hydrogens is 238 g/mol. The van der Waals surface area contributed by atoms with Crippen molar-refractivity contribution >= 4 is 29.3 Å². The van der Waals surface area contributed by atoms with E-state index in [1.807, 2.05) is 6.92 Å². The first kappa shape index (κ1) is 11.5. The Morgan fingerprint density at radius 2 is 2.18 bits per heavy atom. The van der Waals surface area contributed by atoms with E-state index < -0.39 is 0 Å². The third kappa shape index (κ3) is 2.26. The molecule has 88 valence electrons. The molecule has 2 heterocycles. The normalized spacial score (nSPS) is 17.7. The topological polar surface area (TPSA) is 65.2 Å². The molecule has 1 fully saturated rings. The molecule has 1 aromatic rings. The molecule has 6 heteroatoms. The first-order valence-electron chi connectivity index (χ1n) is 5.15. The summed E-state index contributed by atoms with van der Waals surface area (Å²) in [6, 6.07) is 3.04. The summed E-state index contributed by atoms with van der Waals surface area (Å²) in [5, 5.41) is 3.26. The van der Waals surface area contributed by atoms with Gasteiger partial charge in [0.1, 0.15) is 5.70 Å². The zero-order valence-corrected chi connectivity index (χ0v) is 10.0. The summed E-state index contributed by atoms with van der Waals surface area (Å²) in [7, 11) is 0. The number of nitrogens with one attached hydrogen (secondary N) is 2. The first-order valence-corrected chi connectivity index (χ1v) is 5.56. The lowest BCUT2D eigenvalue weighted by Gasteiger charge is -2.08. The average Bonchev–Trinajstić information content (AvgIpc) is 2.57. The zero-order valence-electron chi connectivity index (χ0n) is 9.19. The maximum atomic E-state index is 11.9. The van der Waals surface area contributed by atoms with Gasteiger partial charge in [0, 0.05) is 18.8 Å². The highest BCUT2D eigenvalue weighted by molar-refractivity contribution is 7.80. The largest absolute Gasteiger partial charge is 0.329 e. The molecule has 0 atom stereocenters. The van der Waals surface area contributed by atoms with Gasteiger partial charge >= 0.3 is 0 Å². The summed E-state index contributed by atoms with van der Waals surface area (Å²) in [5.41, 5.74) is 0.980. The van der Waals surface area contributed by atoms with Gasteiger partial charge in [-0.3, -0.25) is 14.5 Å². The number of rotatable bonds is 2. The smallest absolute Gasteiger partial charge is 0.276 e. The first-order chi connectivity index (χ1) is 8.11. The second-order valence-corrected chi connectivity index (χ2v) is 3.91. The van der Waals surface area contributed by atoms with E-state index >= 15 is 0 Å². The van der Waals surface area contributed by atoms with E-state index in [-0.39, 0.29) is 11.5 Å². The van der Waals surface area contributed by atoms with Crippen LogP contribution in [0.5, 0.6) is 0 Å². The Hall–Kier alpha value is -1.95. The predicted molar refractivity (Wildman–Crippen MR) is 68.2 cm³/mol. The molecule has 0 unspecified atom stereocenters. The maximum absolute atomic E-state index is 11.9. The molecule has 17 heavy (non-hydrogen) atoms. The molecular formula is C11H11N3O2S. The summed E-state index contributed by atoms with van der Waals surface area (Å²) in [5.74, 6) is -0.149. The van der Waals surface area contributed by atoms with Crippen molar-refractivity contribution in [2.45, 2.75) is 6.92 Å². The van der Waals surface area contributed by atoms with Crippen molar-refractivity contribution < 1.29 is 4.79 Å². The molecule has 0 bridgehead atoms. The lowest BCUT2D eigenvalue weighted by molar-refractivity contribution is -0.122. The number of thiocarbonyl (C=S) groups is 1. The molecule has 2 rings (SSSR count). The van der Waals surface area contributed by atoms with E-state index in [1.54, 1.807) is 18.3 Å². The lowest BCUT2D eigenvalue weighted by Crippen LogP contribution is -2.30. The van der Waals surface area contributed by atoms with Gasteiger partial charge in [-0.2, -0.15) is 0 Å². The Morgan fingerprint density at radius 3 is 2.71 bits per heavy atom. The third-order valence-corrected chi connectivity index (χ3v) is 2.72. The quantitative estimate of drug-likeness (QED) is 0.590. The van der Waals surface area contributed by atoms with Crippen LogP contribution in [0, 0.1) is 0 Å². The summed E-state index contributed by atoms with van der Waals surface area (Å²) >= 11 is 5.03. The van der Waals surface area contributed by atoms with Crippen LogP contribution in [0.3, 0.4) is 0 Å². The molecule has 2 N–H and O–H groups in total. The average molecular weight is 249 g/mol. The van der Waals surface area contributed by atoms with Crippen LogP contribution in [0.25, 0.3) is 6.08 Å². The van der Waals surface area contributed by atoms with Gasteiger partial charge in [0.25, 0.3) is 5.91 Å². The number of amides is 1. The minimum Gasteiger partial charge on any atom is -0.329 e. The Kier molecular flexibility index (Phi) is 3.06. The SMILES string of the molecule is CCN1C(=O)/C(=C\c2ccc(=O)[nH]c2)NC1=S. The van der Waals surface area contributed by atoms with Crippen molar-refractivity contribution in [1.82, 2.24) is 15.2 Å². The van der Waals surface area contributed by atoms with Gasteiger partial charge in [0.2, 0.25) is 5.56 Å². The van der Waals surface area contributed by atoms with Gasteiger partial charge in [-0.05, 0) is 36.8 Å². The Bertz CT molecular complexity index is 542. The molecule has 0 aliphatic carbocycles. The number of aromatic amines is 1. The Labute approximate surface area is 103 Å². The van der Waals surface area contributed by atoms with Gasteiger partial charge in [0.05, 0.1) is 0 Å². The fraction of sp³-hybridized carbons (Fsp3) is 0.182. The van der Waals surface area contributed by atoms with Crippen LogP contribution in [-0.2, 0) is 4.79 Å². The Morgan fingerprint density at radius 1 is 1.41 bits per heavy atom. The van der Waals surface area contributed by atoms with Crippen LogP contribution in [0.2, 0.25) is 0 Å². The minimum absolute atomic E-state index is 0.149. The van der Waals surface area contributed by atoms with Crippen LogP contribution in [0.15, 0.2) is 28.8 Å². The molecule has 1 aromatic heterocycles. The summed E-state index contributed by atoms with van der Waals surface area (Å²) < 4.78 is 0. The van der Waals surface area contributed by atoms with Gasteiger partial charge in [-0.15, -0.1) is 0 Å². The fourth-order valence-electron chi connectivity index (χ4n) is 1.54. The third-order valence-electron chi connectivity index (χ3n) is 2.40. The maximum Gasteiger partial charge on any atom is 0.276 e. The number of pyridine rings is 1.